The molecule has 3 rings (SSSR count). The summed E-state index contributed by atoms with van der Waals surface area (Å²) in [6.45, 7) is 1.49. The fourth-order valence-corrected chi connectivity index (χ4v) is 3.73. The highest BCUT2D eigenvalue weighted by Gasteiger charge is 2.33. The number of para-hydroxylation sites is 1. The number of nitrogens with zero attached hydrogens (tertiary/aromatic N) is 2. The van der Waals surface area contributed by atoms with Gasteiger partial charge in [0.25, 0.3) is 5.91 Å². The van der Waals surface area contributed by atoms with E-state index < -0.39 is 17.6 Å². The zero-order chi connectivity index (χ0) is 21.9. The highest BCUT2D eigenvalue weighted by Crippen LogP contribution is 2.34. The molecule has 1 saturated heterocycles. The summed E-state index contributed by atoms with van der Waals surface area (Å²) in [4.78, 5) is 28.3. The Balaban J connectivity index is 1.55. The molecule has 0 unspecified atom stereocenters. The summed E-state index contributed by atoms with van der Waals surface area (Å²) in [5.41, 5.74) is -0.793. The van der Waals surface area contributed by atoms with E-state index in [1.165, 1.54) is 36.4 Å². The maximum absolute atomic E-state index is 13.1. The molecule has 160 valence electrons. The lowest BCUT2D eigenvalue weighted by Gasteiger charge is -2.34. The first-order chi connectivity index (χ1) is 14.1. The first kappa shape index (κ1) is 22.4. The number of anilines is 1. The number of benzene rings is 2. The summed E-state index contributed by atoms with van der Waals surface area (Å²) in [7, 11) is 0. The summed E-state index contributed by atoms with van der Waals surface area (Å²) >= 11 is 11.9. The first-order valence-corrected chi connectivity index (χ1v) is 9.83. The predicted octanol–water partition coefficient (Wildman–Crippen LogP) is 4.41. The normalized spacial score (nSPS) is 15.2. The number of carbonyl (C=O) groups is 2. The molecule has 0 aromatic heterocycles. The zero-order valence-electron chi connectivity index (χ0n) is 15.7. The smallest absolute Gasteiger partial charge is 0.336 e. The summed E-state index contributed by atoms with van der Waals surface area (Å²) in [5, 5.41) is 3.05. The summed E-state index contributed by atoms with van der Waals surface area (Å²) in [6.07, 6.45) is -4.56. The van der Waals surface area contributed by atoms with Crippen LogP contribution >= 0.6 is 23.2 Å². The molecular weight excluding hydrogens is 442 g/mol. The Morgan fingerprint density at radius 2 is 1.57 bits per heavy atom. The van der Waals surface area contributed by atoms with Gasteiger partial charge in [-0.05, 0) is 30.3 Å². The van der Waals surface area contributed by atoms with Crippen molar-refractivity contribution in [3.63, 3.8) is 0 Å². The van der Waals surface area contributed by atoms with Crippen molar-refractivity contribution in [1.29, 1.82) is 0 Å². The van der Waals surface area contributed by atoms with Gasteiger partial charge >= 0.3 is 6.18 Å². The largest absolute Gasteiger partial charge is 0.418 e. The van der Waals surface area contributed by atoms with Gasteiger partial charge in [0.05, 0.1) is 17.8 Å². The third-order valence-corrected chi connectivity index (χ3v) is 5.08. The van der Waals surface area contributed by atoms with E-state index in [1.54, 1.807) is 9.80 Å². The third-order valence-electron chi connectivity index (χ3n) is 4.64. The fraction of sp³-hybridized carbons (Fsp3) is 0.300. The van der Waals surface area contributed by atoms with E-state index in [2.05, 4.69) is 5.32 Å². The molecule has 2 aromatic rings. The van der Waals surface area contributed by atoms with E-state index in [9.17, 15) is 22.8 Å². The standard InChI is InChI=1S/C20H18Cl2F3N3O2/c21-14-9-13(10-15(22)11-14)19(30)28-7-5-27(6-8-28)12-18(29)26-17-4-2-1-3-16(17)20(23,24)25/h1-4,9-11H,5-8,12H2,(H,26,29). The molecule has 30 heavy (non-hydrogen) atoms. The van der Waals surface area contributed by atoms with Crippen LogP contribution in [0.1, 0.15) is 15.9 Å². The number of carbonyl (C=O) groups excluding carboxylic acids is 2. The minimum Gasteiger partial charge on any atom is -0.336 e. The van der Waals surface area contributed by atoms with Crippen LogP contribution in [0.2, 0.25) is 10.0 Å². The molecule has 0 atom stereocenters. The van der Waals surface area contributed by atoms with E-state index >= 15 is 0 Å². The molecule has 1 aliphatic heterocycles. The molecule has 10 heteroatoms. The molecule has 0 spiro atoms. The maximum atomic E-state index is 13.1. The van der Waals surface area contributed by atoms with Crippen molar-refractivity contribution in [3.8, 4) is 0 Å². The monoisotopic (exact) mass is 459 g/mol. The van der Waals surface area contributed by atoms with Crippen LogP contribution in [-0.4, -0.2) is 54.3 Å². The molecule has 1 heterocycles. The van der Waals surface area contributed by atoms with Gasteiger partial charge in [-0.25, -0.2) is 0 Å². The average Bonchev–Trinajstić information content (AvgIpc) is 2.67. The van der Waals surface area contributed by atoms with Crippen molar-refractivity contribution >= 4 is 40.7 Å². The maximum Gasteiger partial charge on any atom is 0.418 e. The van der Waals surface area contributed by atoms with Crippen LogP contribution in [0.15, 0.2) is 42.5 Å². The predicted molar refractivity (Wildman–Crippen MR) is 109 cm³/mol. The quantitative estimate of drug-likeness (QED) is 0.736. The Labute approximate surface area is 181 Å². The number of halogens is 5. The van der Waals surface area contributed by atoms with Gasteiger partial charge in [0.2, 0.25) is 5.91 Å². The number of hydrogen-bond donors (Lipinski definition) is 1. The van der Waals surface area contributed by atoms with E-state index in [4.69, 9.17) is 23.2 Å². The number of nitrogens with one attached hydrogen (secondary N) is 1. The number of amides is 2. The van der Waals surface area contributed by atoms with Crippen LogP contribution in [0.25, 0.3) is 0 Å². The highest BCUT2D eigenvalue weighted by molar-refractivity contribution is 6.35. The second kappa shape index (κ2) is 9.24. The lowest BCUT2D eigenvalue weighted by atomic mass is 10.1. The number of hydrogen-bond acceptors (Lipinski definition) is 3. The molecular formula is C20H18Cl2F3N3O2. The van der Waals surface area contributed by atoms with Crippen molar-refractivity contribution in [1.82, 2.24) is 9.80 Å². The van der Waals surface area contributed by atoms with E-state index in [1.807, 2.05) is 0 Å². The molecule has 5 nitrogen and oxygen atoms in total. The molecule has 1 fully saturated rings. The van der Waals surface area contributed by atoms with Crippen molar-refractivity contribution in [3.05, 3.63) is 63.6 Å². The van der Waals surface area contributed by atoms with Crippen LogP contribution < -0.4 is 5.32 Å². The summed E-state index contributed by atoms with van der Waals surface area (Å²) in [5.74, 6) is -0.768. The Morgan fingerprint density at radius 3 is 2.17 bits per heavy atom. The van der Waals surface area contributed by atoms with E-state index in [-0.39, 0.29) is 18.1 Å². The fourth-order valence-electron chi connectivity index (χ4n) is 3.20. The van der Waals surface area contributed by atoms with Crippen LogP contribution in [0.4, 0.5) is 18.9 Å². The van der Waals surface area contributed by atoms with Crippen LogP contribution in [0, 0.1) is 0 Å². The Kier molecular flexibility index (Phi) is 6.90. The number of rotatable bonds is 4. The second-order valence-corrected chi connectivity index (χ2v) is 7.69. The van der Waals surface area contributed by atoms with Gasteiger partial charge in [-0.2, -0.15) is 13.2 Å². The lowest BCUT2D eigenvalue weighted by Crippen LogP contribution is -2.50. The molecule has 2 amide bonds. The molecule has 0 radical (unpaired) electrons. The molecule has 2 aromatic carbocycles. The SMILES string of the molecule is O=C(CN1CCN(C(=O)c2cc(Cl)cc(Cl)c2)CC1)Nc1ccccc1C(F)(F)F. The molecule has 0 saturated carbocycles. The first-order valence-electron chi connectivity index (χ1n) is 9.07. The third kappa shape index (κ3) is 5.65. The van der Waals surface area contributed by atoms with Crippen LogP contribution in [0.3, 0.4) is 0 Å². The molecule has 0 bridgehead atoms. The lowest BCUT2D eigenvalue weighted by molar-refractivity contribution is -0.137. The Hall–Kier alpha value is -2.29. The van der Waals surface area contributed by atoms with Gasteiger partial charge in [-0.3, -0.25) is 14.5 Å². The average molecular weight is 460 g/mol. The van der Waals surface area contributed by atoms with Gasteiger partial charge in [-0.1, -0.05) is 35.3 Å². The van der Waals surface area contributed by atoms with Crippen molar-refractivity contribution in [2.24, 2.45) is 0 Å². The summed E-state index contributed by atoms with van der Waals surface area (Å²) in [6, 6.07) is 9.43. The van der Waals surface area contributed by atoms with Gasteiger partial charge in [0.1, 0.15) is 0 Å². The van der Waals surface area contributed by atoms with E-state index in [0.29, 0.717) is 41.8 Å². The van der Waals surface area contributed by atoms with Gasteiger partial charge < -0.3 is 10.2 Å². The number of piperazine rings is 1. The van der Waals surface area contributed by atoms with E-state index in [0.717, 1.165) is 6.07 Å². The zero-order valence-corrected chi connectivity index (χ0v) is 17.2. The highest BCUT2D eigenvalue weighted by atomic mass is 35.5. The van der Waals surface area contributed by atoms with Crippen LogP contribution in [0.5, 0.6) is 0 Å². The minimum absolute atomic E-state index is 0.0722. The van der Waals surface area contributed by atoms with Gasteiger partial charge in [-0.15, -0.1) is 0 Å². The van der Waals surface area contributed by atoms with Crippen LogP contribution in [-0.2, 0) is 11.0 Å². The van der Waals surface area contributed by atoms with Crippen molar-refractivity contribution in [2.75, 3.05) is 38.0 Å². The molecule has 1 aliphatic rings. The van der Waals surface area contributed by atoms with Gasteiger partial charge in [0.15, 0.2) is 0 Å². The van der Waals surface area contributed by atoms with Crippen molar-refractivity contribution < 1.29 is 22.8 Å². The summed E-state index contributed by atoms with van der Waals surface area (Å²) < 4.78 is 39.2. The minimum atomic E-state index is -4.56. The molecule has 0 aliphatic carbocycles. The number of alkyl halides is 3. The van der Waals surface area contributed by atoms with Crippen molar-refractivity contribution in [2.45, 2.75) is 6.18 Å². The van der Waals surface area contributed by atoms with Gasteiger partial charge in [0, 0.05) is 41.8 Å². The Morgan fingerprint density at radius 1 is 0.967 bits per heavy atom. The topological polar surface area (TPSA) is 52.7 Å². The second-order valence-electron chi connectivity index (χ2n) is 6.82. The molecule has 1 N–H and O–H groups in total. The Bertz CT molecular complexity index is 925.